The van der Waals surface area contributed by atoms with Crippen LogP contribution in [0.4, 0.5) is 0 Å². The number of carboxylic acids is 1. The van der Waals surface area contributed by atoms with Crippen molar-refractivity contribution in [2.24, 2.45) is 0 Å². The first kappa shape index (κ1) is 67.7. The van der Waals surface area contributed by atoms with Crippen LogP contribution in [0.3, 0.4) is 0 Å². The molecule has 9 heteroatoms. The summed E-state index contributed by atoms with van der Waals surface area (Å²) in [6.45, 7) is 4.70. The molecule has 2 unspecified atom stereocenters. The molecule has 0 aliphatic carbocycles. The summed E-state index contributed by atoms with van der Waals surface area (Å²) in [7, 11) is 5.94. The second-order valence-corrected chi connectivity index (χ2v) is 19.5. The lowest BCUT2D eigenvalue weighted by atomic mass is 10.0. The molecule has 0 amide bonds. The van der Waals surface area contributed by atoms with Crippen LogP contribution >= 0.6 is 0 Å². The van der Waals surface area contributed by atoms with E-state index in [1.165, 1.54) is 57.8 Å². The number of rotatable bonds is 50. The first-order chi connectivity index (χ1) is 35.1. The molecule has 0 spiro atoms. The van der Waals surface area contributed by atoms with Gasteiger partial charge in [-0.15, -0.1) is 0 Å². The molecule has 0 saturated carbocycles. The summed E-state index contributed by atoms with van der Waals surface area (Å²) < 4.78 is 22.8. The number of ether oxygens (including phenoxy) is 4. The molecular formula is C63H104NO8+. The Kier molecular flexibility index (Phi) is 49.8. The molecule has 0 aromatic heterocycles. The van der Waals surface area contributed by atoms with Crippen LogP contribution in [0.5, 0.6) is 0 Å². The maximum Gasteiger partial charge on any atom is 0.361 e. The molecule has 408 valence electrons. The van der Waals surface area contributed by atoms with Crippen molar-refractivity contribution in [2.45, 2.75) is 212 Å². The molecule has 0 aromatic rings. The van der Waals surface area contributed by atoms with E-state index in [1.54, 1.807) is 0 Å². The lowest BCUT2D eigenvalue weighted by molar-refractivity contribution is -0.870. The Hall–Kier alpha value is -4.31. The molecule has 0 saturated heterocycles. The minimum absolute atomic E-state index is 0.177. The number of hydrogen-bond acceptors (Lipinski definition) is 7. The molecule has 9 nitrogen and oxygen atoms in total. The molecule has 0 heterocycles. The zero-order valence-electron chi connectivity index (χ0n) is 46.3. The summed E-state index contributed by atoms with van der Waals surface area (Å²) >= 11 is 0. The number of carbonyl (C=O) groups is 3. The predicted molar refractivity (Wildman–Crippen MR) is 304 cm³/mol. The van der Waals surface area contributed by atoms with E-state index >= 15 is 0 Å². The van der Waals surface area contributed by atoms with Gasteiger partial charge in [-0.1, -0.05) is 219 Å². The van der Waals surface area contributed by atoms with Crippen molar-refractivity contribution in [3.8, 4) is 0 Å². The lowest BCUT2D eigenvalue weighted by Crippen LogP contribution is -2.40. The fourth-order valence-electron chi connectivity index (χ4n) is 7.16. The predicted octanol–water partition coefficient (Wildman–Crippen LogP) is 16.5. The van der Waals surface area contributed by atoms with E-state index in [0.29, 0.717) is 23.9 Å². The van der Waals surface area contributed by atoms with Crippen molar-refractivity contribution in [3.63, 3.8) is 0 Å². The summed E-state index contributed by atoms with van der Waals surface area (Å²) in [6, 6.07) is 0. The van der Waals surface area contributed by atoms with E-state index in [4.69, 9.17) is 18.9 Å². The third-order valence-electron chi connectivity index (χ3n) is 11.5. The highest BCUT2D eigenvalue weighted by molar-refractivity contribution is 5.71. The van der Waals surface area contributed by atoms with Crippen LogP contribution in [0.1, 0.15) is 200 Å². The first-order valence-electron chi connectivity index (χ1n) is 28.2. The normalized spacial score (nSPS) is 13.7. The van der Waals surface area contributed by atoms with E-state index in [2.05, 4.69) is 135 Å². The monoisotopic (exact) mass is 1000 g/mol. The number of hydrogen-bond donors (Lipinski definition) is 1. The average Bonchev–Trinajstić information content (AvgIpc) is 3.35. The lowest BCUT2D eigenvalue weighted by Gasteiger charge is -2.25. The second-order valence-electron chi connectivity index (χ2n) is 19.5. The molecule has 0 aromatic carbocycles. The number of carboxylic acid groups (broad SMARTS) is 1. The molecule has 0 fully saturated rings. The SMILES string of the molecule is CC/C=C\C/C=C\C/C=C\C/C=C\C/C=C\C/C=C\C/C=C\C/C=C\C/C=C\C/C=C\CCCCCCC(=O)OC(COC(=O)CCCCCCCCCCCCCC)COC(OCC[N+](C)(C)C)C(=O)O. The van der Waals surface area contributed by atoms with Gasteiger partial charge in [0.1, 0.15) is 13.2 Å². The van der Waals surface area contributed by atoms with Crippen molar-refractivity contribution in [1.29, 1.82) is 0 Å². The Balaban J connectivity index is 4.28. The summed E-state index contributed by atoms with van der Waals surface area (Å²) in [6.07, 6.45) is 71.4. The van der Waals surface area contributed by atoms with Gasteiger partial charge in [0.15, 0.2) is 6.10 Å². The van der Waals surface area contributed by atoms with Crippen LogP contribution in [0.15, 0.2) is 122 Å². The minimum atomic E-state index is -1.52. The van der Waals surface area contributed by atoms with Crippen molar-refractivity contribution in [3.05, 3.63) is 122 Å². The van der Waals surface area contributed by atoms with Crippen molar-refractivity contribution in [2.75, 3.05) is 47.5 Å². The zero-order valence-corrected chi connectivity index (χ0v) is 46.3. The molecule has 0 bridgehead atoms. The van der Waals surface area contributed by atoms with Gasteiger partial charge in [-0.2, -0.15) is 0 Å². The molecular weight excluding hydrogens is 899 g/mol. The van der Waals surface area contributed by atoms with Crippen LogP contribution in [0, 0.1) is 0 Å². The Morgan fingerprint density at radius 2 is 0.792 bits per heavy atom. The first-order valence-corrected chi connectivity index (χ1v) is 28.2. The maximum absolute atomic E-state index is 12.8. The number of quaternary nitrogens is 1. The Morgan fingerprint density at radius 3 is 1.18 bits per heavy atom. The number of aliphatic carboxylic acids is 1. The van der Waals surface area contributed by atoms with E-state index in [1.807, 2.05) is 21.1 Å². The average molecular weight is 1000 g/mol. The number of carbonyl (C=O) groups excluding carboxylic acids is 2. The van der Waals surface area contributed by atoms with Gasteiger partial charge in [0, 0.05) is 12.8 Å². The van der Waals surface area contributed by atoms with Crippen LogP contribution in [0.2, 0.25) is 0 Å². The highest BCUT2D eigenvalue weighted by atomic mass is 16.7. The molecule has 0 aliphatic rings. The van der Waals surface area contributed by atoms with Crippen LogP contribution < -0.4 is 0 Å². The number of esters is 2. The smallest absolute Gasteiger partial charge is 0.361 e. The quantitative estimate of drug-likeness (QED) is 0.0211. The van der Waals surface area contributed by atoms with Gasteiger partial charge in [-0.3, -0.25) is 9.59 Å². The summed E-state index contributed by atoms with van der Waals surface area (Å²) in [5, 5.41) is 9.67. The topological polar surface area (TPSA) is 108 Å². The fraction of sp³-hybridized carbons (Fsp3) is 0.635. The van der Waals surface area contributed by atoms with Gasteiger partial charge in [0.05, 0.1) is 34.4 Å². The van der Waals surface area contributed by atoms with Crippen LogP contribution in [0.25, 0.3) is 0 Å². The second kappa shape index (κ2) is 53.0. The third-order valence-corrected chi connectivity index (χ3v) is 11.5. The molecule has 72 heavy (non-hydrogen) atoms. The van der Waals surface area contributed by atoms with Crippen LogP contribution in [-0.4, -0.2) is 87.4 Å². The summed E-state index contributed by atoms with van der Waals surface area (Å²) in [5.74, 6) is -2.05. The van der Waals surface area contributed by atoms with Gasteiger partial charge in [0.25, 0.3) is 6.29 Å². The minimum Gasteiger partial charge on any atom is -0.477 e. The highest BCUT2D eigenvalue weighted by Gasteiger charge is 2.25. The standard InChI is InChI=1S/C63H103NO8/c1-6-8-10-12-14-16-18-20-21-22-23-24-25-26-27-28-29-30-31-32-33-34-35-36-37-38-39-40-41-42-44-46-48-50-52-54-61(66)72-59(58-71-63(62(67)68)69-56-55-64(3,4)5)57-70-60(65)53-51-49-47-45-43-19-17-15-13-11-9-7-2/h8,10,14,16,20-21,23-24,26-27,29-30,32-33,35-36,38-39,41-42,59,63H,6-7,9,11-13,15,17-19,22,25,28,31,34,37,40,43-58H2,1-5H3/p+1/b10-8-,16-14-,21-20-,24-23-,27-26-,30-29-,33-32-,36-35-,39-38-,42-41-. The molecule has 0 radical (unpaired) electrons. The number of nitrogens with zero attached hydrogens (tertiary/aromatic N) is 1. The van der Waals surface area contributed by atoms with Crippen LogP contribution in [-0.2, 0) is 33.3 Å². The fourth-order valence-corrected chi connectivity index (χ4v) is 7.16. The largest absolute Gasteiger partial charge is 0.477 e. The van der Waals surface area contributed by atoms with Gasteiger partial charge < -0.3 is 28.5 Å². The zero-order chi connectivity index (χ0) is 52.7. The van der Waals surface area contributed by atoms with Gasteiger partial charge in [-0.25, -0.2) is 4.79 Å². The Labute approximate surface area is 440 Å². The van der Waals surface area contributed by atoms with E-state index in [-0.39, 0.29) is 32.2 Å². The summed E-state index contributed by atoms with van der Waals surface area (Å²) in [5.41, 5.74) is 0. The molecule has 1 N–H and O–H groups in total. The van der Waals surface area contributed by atoms with Crippen molar-refractivity contribution < 1.29 is 42.9 Å². The highest BCUT2D eigenvalue weighted by Crippen LogP contribution is 2.14. The number of allylic oxidation sites excluding steroid dienone is 20. The number of likely N-dealkylation sites (N-methyl/N-ethyl adjacent to an activating group) is 1. The summed E-state index contributed by atoms with van der Waals surface area (Å²) in [4.78, 5) is 37.3. The van der Waals surface area contributed by atoms with Crippen molar-refractivity contribution >= 4 is 17.9 Å². The van der Waals surface area contributed by atoms with E-state index < -0.39 is 24.3 Å². The maximum atomic E-state index is 12.8. The van der Waals surface area contributed by atoms with Crippen molar-refractivity contribution in [1.82, 2.24) is 0 Å². The molecule has 0 rings (SSSR count). The Morgan fingerprint density at radius 1 is 0.431 bits per heavy atom. The molecule has 2 atom stereocenters. The number of unbranched alkanes of at least 4 members (excludes halogenated alkanes) is 15. The van der Waals surface area contributed by atoms with E-state index in [0.717, 1.165) is 109 Å². The van der Waals surface area contributed by atoms with E-state index in [9.17, 15) is 19.5 Å². The molecule has 0 aliphatic heterocycles. The van der Waals surface area contributed by atoms with Gasteiger partial charge in [0.2, 0.25) is 0 Å². The Bertz CT molecular complexity index is 1590. The third kappa shape index (κ3) is 53.5. The van der Waals surface area contributed by atoms with Gasteiger partial charge >= 0.3 is 17.9 Å². The van der Waals surface area contributed by atoms with Gasteiger partial charge in [-0.05, 0) is 89.9 Å².